The molecule has 4 nitrogen and oxygen atoms in total. The second-order valence-corrected chi connectivity index (χ2v) is 22.8. The lowest BCUT2D eigenvalue weighted by atomic mass is 10.0. The predicted molar refractivity (Wildman–Crippen MR) is 345 cm³/mol. The Hall–Kier alpha value is -9.44. The maximum Gasteiger partial charge on any atom is 0.389 e. The van der Waals surface area contributed by atoms with Gasteiger partial charge in [0.2, 0.25) is 0 Å². The molecule has 0 aliphatic heterocycles. The second kappa shape index (κ2) is 29.2. The van der Waals surface area contributed by atoms with Gasteiger partial charge in [0.15, 0.2) is 0 Å². The van der Waals surface area contributed by atoms with Gasteiger partial charge < -0.3 is 0 Å². The number of hydrogen-bond donors (Lipinski definition) is 0. The zero-order valence-corrected chi connectivity index (χ0v) is 50.8. The third-order valence-corrected chi connectivity index (χ3v) is 15.0. The van der Waals surface area contributed by atoms with E-state index in [9.17, 15) is 52.7 Å². The average Bonchev–Trinajstić information content (AvgIpc) is 0.865. The molecular formula is C76H64F12N4. The monoisotopic (exact) mass is 1260 g/mol. The molecule has 0 aliphatic rings. The van der Waals surface area contributed by atoms with E-state index in [1.54, 1.807) is 60.7 Å². The number of pyridine rings is 4. The summed E-state index contributed by atoms with van der Waals surface area (Å²) >= 11 is 0. The first kappa shape index (κ1) is 67.0. The smallest absolute Gasteiger partial charge is 0.248 e. The molecule has 4 aromatic heterocycles. The van der Waals surface area contributed by atoms with E-state index in [4.69, 9.17) is 0 Å². The van der Waals surface area contributed by atoms with Crippen LogP contribution >= 0.6 is 0 Å². The summed E-state index contributed by atoms with van der Waals surface area (Å²) < 4.78 is 148. The van der Waals surface area contributed by atoms with Crippen molar-refractivity contribution >= 4 is 43.6 Å². The van der Waals surface area contributed by atoms with E-state index in [1.165, 1.54) is 11.1 Å². The summed E-state index contributed by atoms with van der Waals surface area (Å²) in [5.74, 6) is 0. The van der Waals surface area contributed by atoms with Gasteiger partial charge in [-0.1, -0.05) is 156 Å². The Morgan fingerprint density at radius 3 is 0.924 bits per heavy atom. The lowest BCUT2D eigenvalue weighted by Crippen LogP contribution is -2.08. The highest BCUT2D eigenvalue weighted by Gasteiger charge is 2.29. The van der Waals surface area contributed by atoms with Gasteiger partial charge in [0.05, 0.1) is 44.8 Å². The van der Waals surface area contributed by atoms with Crippen LogP contribution in [0, 0.1) is 27.7 Å². The van der Waals surface area contributed by atoms with Gasteiger partial charge >= 0.3 is 24.7 Å². The molecule has 0 atom stereocenters. The van der Waals surface area contributed by atoms with Gasteiger partial charge in [0.1, 0.15) is 0 Å². The van der Waals surface area contributed by atoms with E-state index >= 15 is 0 Å². The van der Waals surface area contributed by atoms with Crippen molar-refractivity contribution in [3.05, 3.63) is 263 Å². The van der Waals surface area contributed by atoms with Crippen LogP contribution in [0.4, 0.5) is 52.7 Å². The van der Waals surface area contributed by atoms with E-state index < -0.39 is 50.4 Å². The first-order valence-electron chi connectivity index (χ1n) is 29.8. The Morgan fingerprint density at radius 2 is 0.543 bits per heavy atom. The third kappa shape index (κ3) is 20.3. The van der Waals surface area contributed by atoms with E-state index in [-0.39, 0.29) is 25.7 Å². The second-order valence-electron chi connectivity index (χ2n) is 22.8. The minimum atomic E-state index is -4.13. The van der Waals surface area contributed by atoms with Gasteiger partial charge in [-0.15, -0.1) is 0 Å². The Labute approximate surface area is 525 Å². The zero-order chi connectivity index (χ0) is 65.8. The highest BCUT2D eigenvalue weighted by molar-refractivity contribution is 5.85. The standard InChI is InChI=1S/C20H18F3N.2C19H16F3N.C18H14F3N/c1-13-9-14(2)11-17(10-13)19-6-4-16-12-15(3-5-18(16)24-19)7-8-20(21,22)23;1-13-3-2-4-15(11-13)18-8-6-16-12-14(5-7-17(16)23-18)9-10-19(20,21)22;1-13-3-2-4-16(11-13)17-8-7-15-6-5-14(12-18(15)23-17)9-10-19(20,21)22;19-18(20,21)11-10-13-6-7-15-8-9-16(22-17(15)12-13)14-4-2-1-3-5-14/h3-6,9-12H,7-8H2,1-2H3;2*2-8,11-12H,9-10H2,1H3;1-9,12H,10-11H2. The number of aryl methyl sites for hydroxylation is 8. The van der Waals surface area contributed by atoms with Crippen molar-refractivity contribution in [2.24, 2.45) is 0 Å². The van der Waals surface area contributed by atoms with Crippen molar-refractivity contribution in [2.75, 3.05) is 0 Å². The van der Waals surface area contributed by atoms with E-state index in [1.807, 2.05) is 161 Å². The number of benzene rings is 8. The van der Waals surface area contributed by atoms with Crippen molar-refractivity contribution in [3.8, 4) is 45.0 Å². The number of nitrogens with zero attached hydrogens (tertiary/aromatic N) is 4. The van der Waals surface area contributed by atoms with Crippen LogP contribution < -0.4 is 0 Å². The Bertz CT molecular complexity index is 4460. The van der Waals surface area contributed by atoms with E-state index in [0.29, 0.717) is 22.3 Å². The summed E-state index contributed by atoms with van der Waals surface area (Å²) in [5, 5.41) is 3.58. The van der Waals surface area contributed by atoms with Crippen molar-refractivity contribution in [1.82, 2.24) is 19.9 Å². The number of rotatable bonds is 12. The first-order chi connectivity index (χ1) is 43.6. The molecule has 0 saturated carbocycles. The van der Waals surface area contributed by atoms with Crippen molar-refractivity contribution in [2.45, 2.75) is 104 Å². The molecule has 0 amide bonds. The summed E-state index contributed by atoms with van der Waals surface area (Å²) in [5.41, 5.74) is 17.8. The van der Waals surface area contributed by atoms with Gasteiger partial charge in [-0.3, -0.25) is 0 Å². The minimum Gasteiger partial charge on any atom is -0.248 e. The molecule has 0 N–H and O–H groups in total. The van der Waals surface area contributed by atoms with Crippen LogP contribution in [0.3, 0.4) is 0 Å². The fourth-order valence-electron chi connectivity index (χ4n) is 10.4. The third-order valence-electron chi connectivity index (χ3n) is 15.0. The fourth-order valence-corrected chi connectivity index (χ4v) is 10.4. The number of hydrogen-bond acceptors (Lipinski definition) is 4. The summed E-state index contributed by atoms with van der Waals surface area (Å²) in [7, 11) is 0. The molecule has 0 fully saturated rings. The highest BCUT2D eigenvalue weighted by atomic mass is 19.4. The average molecular weight is 1260 g/mol. The van der Waals surface area contributed by atoms with Crippen LogP contribution in [0.15, 0.2) is 218 Å². The quantitative estimate of drug-likeness (QED) is 0.114. The minimum absolute atomic E-state index is 0.000921. The zero-order valence-electron chi connectivity index (χ0n) is 50.8. The molecular weight excluding hydrogens is 1200 g/mol. The molecule has 8 aromatic carbocycles. The molecule has 0 unspecified atom stereocenters. The van der Waals surface area contributed by atoms with Gasteiger partial charge in [-0.25, -0.2) is 19.9 Å². The Kier molecular flexibility index (Phi) is 21.3. The molecule has 0 bridgehead atoms. The Morgan fingerprint density at radius 1 is 0.239 bits per heavy atom. The fraction of sp³-hybridized carbons (Fsp3) is 0.211. The van der Waals surface area contributed by atoms with Crippen LogP contribution in [0.1, 0.15) is 70.2 Å². The summed E-state index contributed by atoms with van der Waals surface area (Å²) in [6.45, 7) is 8.13. The lowest BCUT2D eigenvalue weighted by molar-refractivity contribution is -0.134. The van der Waals surface area contributed by atoms with Crippen LogP contribution in [0.25, 0.3) is 88.6 Å². The van der Waals surface area contributed by atoms with Gasteiger partial charge in [0, 0.05) is 69.5 Å². The molecule has 12 rings (SSSR count). The SMILES string of the molecule is Cc1cc(C)cc(-c2ccc3cc(CCC(F)(F)F)ccc3n2)c1.Cc1cccc(-c2ccc3cc(CCC(F)(F)F)ccc3n2)c1.Cc1cccc(-c2ccc3ccc(CCC(F)(F)F)cc3n2)c1.FC(F)(F)CCc1ccc2ccc(-c3ccccc3)nc2c1. The van der Waals surface area contributed by atoms with Crippen LogP contribution in [0.2, 0.25) is 0 Å². The summed E-state index contributed by atoms with van der Waals surface area (Å²) in [6, 6.07) is 68.7. The molecule has 12 aromatic rings. The summed E-state index contributed by atoms with van der Waals surface area (Å²) in [4.78, 5) is 18.4. The molecule has 0 radical (unpaired) electrons. The van der Waals surface area contributed by atoms with Crippen LogP contribution in [-0.2, 0) is 25.7 Å². The number of alkyl halides is 12. The van der Waals surface area contributed by atoms with Crippen molar-refractivity contribution in [3.63, 3.8) is 0 Å². The molecule has 16 heteroatoms. The maximum absolute atomic E-state index is 12.4. The van der Waals surface area contributed by atoms with Crippen molar-refractivity contribution in [1.29, 1.82) is 0 Å². The van der Waals surface area contributed by atoms with Crippen LogP contribution in [0.5, 0.6) is 0 Å². The largest absolute Gasteiger partial charge is 0.389 e. The topological polar surface area (TPSA) is 51.6 Å². The first-order valence-corrected chi connectivity index (χ1v) is 29.8. The molecule has 0 spiro atoms. The van der Waals surface area contributed by atoms with E-state index in [2.05, 4.69) is 44.2 Å². The number of halogens is 12. The van der Waals surface area contributed by atoms with Gasteiger partial charge in [-0.05, 0) is 161 Å². The maximum atomic E-state index is 12.4. The molecule has 0 saturated heterocycles. The molecule has 4 heterocycles. The summed E-state index contributed by atoms with van der Waals surface area (Å²) in [6.07, 6.45) is -19.8. The number of aromatic nitrogens is 4. The normalized spacial score (nSPS) is 11.8. The van der Waals surface area contributed by atoms with Crippen LogP contribution in [-0.4, -0.2) is 44.6 Å². The van der Waals surface area contributed by atoms with Gasteiger partial charge in [0.25, 0.3) is 0 Å². The number of fused-ring (bicyclic) bond motifs is 4. The van der Waals surface area contributed by atoms with Crippen molar-refractivity contribution < 1.29 is 52.7 Å². The lowest BCUT2D eigenvalue weighted by Gasteiger charge is -2.09. The predicted octanol–water partition coefficient (Wildman–Crippen LogP) is 22.8. The highest BCUT2D eigenvalue weighted by Crippen LogP contribution is 2.31. The molecule has 0 aliphatic carbocycles. The van der Waals surface area contributed by atoms with E-state index in [0.717, 1.165) is 99.8 Å². The molecule has 92 heavy (non-hydrogen) atoms. The Balaban J connectivity index is 0.000000145. The van der Waals surface area contributed by atoms with Gasteiger partial charge in [-0.2, -0.15) is 52.7 Å². The molecule has 472 valence electrons.